The minimum atomic E-state index is 1.38. The molecule has 0 fully saturated rings. The van der Waals surface area contributed by atoms with Gasteiger partial charge in [0.25, 0.3) is 0 Å². The van der Waals surface area contributed by atoms with E-state index in [9.17, 15) is 0 Å². The van der Waals surface area contributed by atoms with Crippen molar-refractivity contribution in [3.63, 3.8) is 0 Å². The van der Waals surface area contributed by atoms with Crippen LogP contribution in [0.15, 0.2) is 48.5 Å². The molecule has 3 rings (SSSR count). The molecular formula is C14H11-. The van der Waals surface area contributed by atoms with Gasteiger partial charge in [0.2, 0.25) is 0 Å². The highest BCUT2D eigenvalue weighted by atomic mass is 14.1. The first kappa shape index (κ1) is 7.69. The number of hydrogen-bond acceptors (Lipinski definition) is 0. The van der Waals surface area contributed by atoms with Crippen molar-refractivity contribution in [3.05, 3.63) is 54.1 Å². The Labute approximate surface area is 83.1 Å². The maximum absolute atomic E-state index is 2.20. The molecular weight excluding hydrogens is 168 g/mol. The lowest BCUT2D eigenvalue weighted by molar-refractivity contribution is 1.62. The second-order valence-electron chi connectivity index (χ2n) is 3.72. The molecule has 14 heavy (non-hydrogen) atoms. The van der Waals surface area contributed by atoms with E-state index in [1.54, 1.807) is 0 Å². The number of fused-ring (bicyclic) bond motifs is 3. The van der Waals surface area contributed by atoms with Crippen molar-refractivity contribution in [2.75, 3.05) is 0 Å². The highest BCUT2D eigenvalue weighted by Gasteiger charge is 1.98. The van der Waals surface area contributed by atoms with Crippen molar-refractivity contribution in [2.24, 2.45) is 0 Å². The van der Waals surface area contributed by atoms with Gasteiger partial charge in [-0.1, -0.05) is 41.3 Å². The number of hydrogen-bond donors (Lipinski definition) is 0. The highest BCUT2D eigenvalue weighted by Crippen LogP contribution is 2.32. The second-order valence-corrected chi connectivity index (χ2v) is 3.72. The Morgan fingerprint density at radius 1 is 0.857 bits per heavy atom. The molecule has 0 bridgehead atoms. The zero-order valence-corrected chi connectivity index (χ0v) is 8.12. The molecule has 0 heteroatoms. The zero-order valence-electron chi connectivity index (χ0n) is 8.12. The van der Waals surface area contributed by atoms with Crippen molar-refractivity contribution >= 4 is 21.5 Å². The SMILES string of the molecule is Cc1c2ccccc2[c-]2ccccc12. The lowest BCUT2D eigenvalue weighted by Gasteiger charge is -1.96. The smallest absolute Gasteiger partial charge is 0.0678 e. The Balaban J connectivity index is 2.69. The third-order valence-corrected chi connectivity index (χ3v) is 2.95. The van der Waals surface area contributed by atoms with Crippen molar-refractivity contribution in [3.8, 4) is 0 Å². The van der Waals surface area contributed by atoms with Crippen molar-refractivity contribution in [1.82, 2.24) is 0 Å². The van der Waals surface area contributed by atoms with E-state index in [0.29, 0.717) is 0 Å². The van der Waals surface area contributed by atoms with Crippen LogP contribution in [-0.4, -0.2) is 0 Å². The highest BCUT2D eigenvalue weighted by molar-refractivity contribution is 6.14. The van der Waals surface area contributed by atoms with E-state index < -0.39 is 0 Å². The fourth-order valence-corrected chi connectivity index (χ4v) is 2.24. The molecule has 3 aromatic carbocycles. The Morgan fingerprint density at radius 3 is 2.50 bits per heavy atom. The maximum Gasteiger partial charge on any atom is -0.0678 e. The Kier molecular flexibility index (Phi) is 1.45. The van der Waals surface area contributed by atoms with Crippen molar-refractivity contribution < 1.29 is 0 Å². The normalized spacial score (nSPS) is 11.2. The minimum absolute atomic E-state index is 1.38. The molecule has 0 aliphatic heterocycles. The molecule has 0 aromatic heterocycles. The maximum atomic E-state index is 2.20. The van der Waals surface area contributed by atoms with E-state index >= 15 is 0 Å². The van der Waals surface area contributed by atoms with Crippen molar-refractivity contribution in [1.29, 1.82) is 0 Å². The Hall–Kier alpha value is -1.69. The van der Waals surface area contributed by atoms with Crippen molar-refractivity contribution in [2.45, 2.75) is 6.92 Å². The van der Waals surface area contributed by atoms with Gasteiger partial charge in [0.15, 0.2) is 0 Å². The average Bonchev–Trinajstić information content (AvgIpc) is 2.55. The first-order valence-corrected chi connectivity index (χ1v) is 4.90. The summed E-state index contributed by atoms with van der Waals surface area (Å²) in [5.74, 6) is 0. The number of benzene rings is 2. The van der Waals surface area contributed by atoms with Crippen LogP contribution in [0.3, 0.4) is 0 Å². The summed E-state index contributed by atoms with van der Waals surface area (Å²) in [6, 6.07) is 17.2. The third-order valence-electron chi connectivity index (χ3n) is 2.95. The molecule has 0 radical (unpaired) electrons. The van der Waals surface area contributed by atoms with Gasteiger partial charge in [-0.2, -0.15) is 0 Å². The molecule has 68 valence electrons. The molecule has 0 nitrogen and oxygen atoms in total. The molecule has 0 saturated carbocycles. The molecule has 0 saturated heterocycles. The summed E-state index contributed by atoms with van der Waals surface area (Å²) in [7, 11) is 0. The molecule has 0 atom stereocenters. The van der Waals surface area contributed by atoms with E-state index in [1.807, 2.05) is 0 Å². The van der Waals surface area contributed by atoms with Gasteiger partial charge in [-0.25, -0.2) is 0 Å². The summed E-state index contributed by atoms with van der Waals surface area (Å²) < 4.78 is 0. The summed E-state index contributed by atoms with van der Waals surface area (Å²) in [5, 5.41) is 5.52. The van der Waals surface area contributed by atoms with Crippen LogP contribution in [0.1, 0.15) is 5.56 Å². The van der Waals surface area contributed by atoms with E-state index in [4.69, 9.17) is 0 Å². The van der Waals surface area contributed by atoms with Gasteiger partial charge < -0.3 is 0 Å². The molecule has 0 unspecified atom stereocenters. The van der Waals surface area contributed by atoms with Gasteiger partial charge in [-0.15, -0.1) is 41.3 Å². The van der Waals surface area contributed by atoms with Crippen LogP contribution in [0.25, 0.3) is 21.5 Å². The second kappa shape index (κ2) is 2.65. The van der Waals surface area contributed by atoms with Gasteiger partial charge in [-0.05, 0) is 0 Å². The quantitative estimate of drug-likeness (QED) is 0.457. The topological polar surface area (TPSA) is 0 Å². The van der Waals surface area contributed by atoms with Gasteiger partial charge in [0.1, 0.15) is 0 Å². The molecule has 0 aliphatic carbocycles. The third kappa shape index (κ3) is 0.856. The van der Waals surface area contributed by atoms with Crippen LogP contribution in [0.5, 0.6) is 0 Å². The van der Waals surface area contributed by atoms with E-state index in [1.165, 1.54) is 27.1 Å². The summed E-state index contributed by atoms with van der Waals surface area (Å²) in [6.45, 7) is 2.20. The van der Waals surface area contributed by atoms with Crippen LogP contribution in [0, 0.1) is 6.92 Å². The van der Waals surface area contributed by atoms with E-state index in [2.05, 4.69) is 55.5 Å². The van der Waals surface area contributed by atoms with Gasteiger partial charge in [0, 0.05) is 0 Å². The summed E-state index contributed by atoms with van der Waals surface area (Å²) in [5.41, 5.74) is 1.40. The fraction of sp³-hybridized carbons (Fsp3) is 0.0714. The predicted octanol–water partition coefficient (Wildman–Crippen LogP) is 4.02. The number of aryl methyl sites for hydroxylation is 1. The molecule has 3 aromatic rings. The Bertz CT molecular complexity index is 546. The van der Waals surface area contributed by atoms with E-state index in [-0.39, 0.29) is 0 Å². The van der Waals surface area contributed by atoms with Gasteiger partial charge in [-0.3, -0.25) is 0 Å². The average molecular weight is 179 g/mol. The lowest BCUT2D eigenvalue weighted by atomic mass is 10.2. The summed E-state index contributed by atoms with van der Waals surface area (Å²) in [4.78, 5) is 0. The van der Waals surface area contributed by atoms with Crippen LogP contribution in [0.4, 0.5) is 0 Å². The zero-order chi connectivity index (χ0) is 9.54. The molecule has 0 amide bonds. The molecule has 0 aliphatic rings. The standard InChI is InChI=1S/C14H11/c1-10-11-6-2-4-8-13(11)14-9-5-3-7-12(10)14/h2-9H,1H3/q-1. The molecule has 0 N–H and O–H groups in total. The first-order chi connectivity index (χ1) is 6.88. The fourth-order valence-electron chi connectivity index (χ4n) is 2.24. The minimum Gasteiger partial charge on any atom is -0.117 e. The molecule has 0 spiro atoms. The van der Waals surface area contributed by atoms with Crippen LogP contribution in [0.2, 0.25) is 0 Å². The summed E-state index contributed by atoms with van der Waals surface area (Å²) in [6.07, 6.45) is 0. The van der Waals surface area contributed by atoms with Gasteiger partial charge >= 0.3 is 0 Å². The van der Waals surface area contributed by atoms with Gasteiger partial charge in [0.05, 0.1) is 0 Å². The number of rotatable bonds is 0. The summed E-state index contributed by atoms with van der Waals surface area (Å²) >= 11 is 0. The monoisotopic (exact) mass is 179 g/mol. The van der Waals surface area contributed by atoms with Crippen LogP contribution >= 0.6 is 0 Å². The van der Waals surface area contributed by atoms with Crippen LogP contribution in [-0.2, 0) is 0 Å². The first-order valence-electron chi connectivity index (χ1n) is 4.90. The van der Waals surface area contributed by atoms with E-state index in [0.717, 1.165) is 0 Å². The molecule has 0 heterocycles. The van der Waals surface area contributed by atoms with Crippen LogP contribution < -0.4 is 0 Å². The predicted molar refractivity (Wildman–Crippen MR) is 61.8 cm³/mol. The largest absolute Gasteiger partial charge is 0.117 e. The Morgan fingerprint density at radius 2 is 1.57 bits per heavy atom. The lowest BCUT2D eigenvalue weighted by Crippen LogP contribution is -1.66.